The quantitative estimate of drug-likeness (QED) is 0.828. The van der Waals surface area contributed by atoms with Crippen LogP contribution in [0, 0.1) is 24.7 Å². The highest BCUT2D eigenvalue weighted by atomic mass is 14.8. The van der Waals surface area contributed by atoms with Crippen molar-refractivity contribution in [2.75, 3.05) is 0 Å². The topological polar surface area (TPSA) is 26.0 Å². The fourth-order valence-corrected chi connectivity index (χ4v) is 3.83. The first-order valence-electron chi connectivity index (χ1n) is 7.26. The highest BCUT2D eigenvalue weighted by Gasteiger charge is 2.37. The van der Waals surface area contributed by atoms with Gasteiger partial charge in [0.25, 0.3) is 0 Å². The number of hydrogen-bond acceptors (Lipinski definition) is 1. The largest absolute Gasteiger partial charge is 0.321 e. The zero-order chi connectivity index (χ0) is 13.3. The van der Waals surface area contributed by atoms with Crippen LogP contribution in [0.4, 0.5) is 0 Å². The minimum Gasteiger partial charge on any atom is -0.321 e. The van der Waals surface area contributed by atoms with E-state index in [-0.39, 0.29) is 5.54 Å². The van der Waals surface area contributed by atoms with Gasteiger partial charge in [0.2, 0.25) is 0 Å². The van der Waals surface area contributed by atoms with Crippen molar-refractivity contribution in [1.82, 2.24) is 0 Å². The van der Waals surface area contributed by atoms with Gasteiger partial charge >= 0.3 is 0 Å². The molecule has 1 fully saturated rings. The van der Waals surface area contributed by atoms with Crippen LogP contribution in [0.1, 0.15) is 51.2 Å². The van der Waals surface area contributed by atoms with Crippen LogP contribution in [0.25, 0.3) is 0 Å². The van der Waals surface area contributed by atoms with E-state index in [1.807, 2.05) is 0 Å². The first kappa shape index (κ1) is 13.6. The Labute approximate surface area is 112 Å². The van der Waals surface area contributed by atoms with E-state index in [0.29, 0.717) is 5.92 Å². The molecule has 0 amide bonds. The van der Waals surface area contributed by atoms with E-state index in [0.717, 1.165) is 11.8 Å². The molecule has 3 atom stereocenters. The summed E-state index contributed by atoms with van der Waals surface area (Å²) in [7, 11) is 0. The molecule has 1 saturated carbocycles. The van der Waals surface area contributed by atoms with E-state index in [1.54, 1.807) is 0 Å². The summed E-state index contributed by atoms with van der Waals surface area (Å²) in [6.07, 6.45) is 3.90. The number of rotatable bonds is 2. The van der Waals surface area contributed by atoms with Crippen LogP contribution in [-0.4, -0.2) is 0 Å². The second-order valence-electron chi connectivity index (χ2n) is 6.71. The molecule has 0 heterocycles. The Morgan fingerprint density at radius 3 is 2.17 bits per heavy atom. The monoisotopic (exact) mass is 245 g/mol. The lowest BCUT2D eigenvalue weighted by atomic mass is 9.66. The van der Waals surface area contributed by atoms with Crippen molar-refractivity contribution in [3.63, 3.8) is 0 Å². The molecule has 0 radical (unpaired) electrons. The normalized spacial score (nSPS) is 31.9. The standard InChI is InChI=1S/C17H27N/c1-12-9-13(2)11-15(10-12)17(4,18)16-8-6-5-7-14(16)3/h5-8,12-13,15H,9-11,18H2,1-4H3. The maximum Gasteiger partial charge on any atom is 0.0412 e. The van der Waals surface area contributed by atoms with Crippen molar-refractivity contribution in [3.05, 3.63) is 35.4 Å². The average Bonchev–Trinajstić information content (AvgIpc) is 2.28. The van der Waals surface area contributed by atoms with Crippen LogP contribution in [0.5, 0.6) is 0 Å². The Kier molecular flexibility index (Phi) is 3.82. The smallest absolute Gasteiger partial charge is 0.0412 e. The van der Waals surface area contributed by atoms with Crippen LogP contribution in [-0.2, 0) is 5.54 Å². The molecular weight excluding hydrogens is 218 g/mol. The summed E-state index contributed by atoms with van der Waals surface area (Å²) in [6.45, 7) is 9.15. The van der Waals surface area contributed by atoms with Crippen LogP contribution in [0.3, 0.4) is 0 Å². The zero-order valence-corrected chi connectivity index (χ0v) is 12.2. The van der Waals surface area contributed by atoms with Gasteiger partial charge in [-0.2, -0.15) is 0 Å². The second-order valence-corrected chi connectivity index (χ2v) is 6.71. The summed E-state index contributed by atoms with van der Waals surface area (Å²) < 4.78 is 0. The van der Waals surface area contributed by atoms with E-state index in [9.17, 15) is 0 Å². The van der Waals surface area contributed by atoms with Crippen LogP contribution in [0.2, 0.25) is 0 Å². The second kappa shape index (κ2) is 5.05. The van der Waals surface area contributed by atoms with Crippen LogP contribution in [0.15, 0.2) is 24.3 Å². The Morgan fingerprint density at radius 2 is 1.61 bits per heavy atom. The first-order valence-corrected chi connectivity index (χ1v) is 7.26. The van der Waals surface area contributed by atoms with Crippen molar-refractivity contribution < 1.29 is 0 Å². The van der Waals surface area contributed by atoms with Gasteiger partial charge in [0.1, 0.15) is 0 Å². The molecule has 2 rings (SSSR count). The lowest BCUT2D eigenvalue weighted by Crippen LogP contribution is -2.44. The molecule has 1 aliphatic carbocycles. The molecule has 1 aliphatic rings. The van der Waals surface area contributed by atoms with E-state index in [1.165, 1.54) is 30.4 Å². The molecule has 0 spiro atoms. The van der Waals surface area contributed by atoms with Gasteiger partial charge in [-0.05, 0) is 62.0 Å². The molecule has 1 heteroatoms. The summed E-state index contributed by atoms with van der Waals surface area (Å²) >= 11 is 0. The maximum absolute atomic E-state index is 6.74. The fourth-order valence-electron chi connectivity index (χ4n) is 3.83. The molecule has 1 aromatic carbocycles. The van der Waals surface area contributed by atoms with Crippen molar-refractivity contribution in [3.8, 4) is 0 Å². The number of aryl methyl sites for hydroxylation is 1. The predicted octanol–water partition coefficient (Wildman–Crippen LogP) is 4.24. The third kappa shape index (κ3) is 2.61. The number of hydrogen-bond donors (Lipinski definition) is 1. The lowest BCUT2D eigenvalue weighted by Gasteiger charge is -2.42. The third-order valence-corrected chi connectivity index (χ3v) is 4.75. The van der Waals surface area contributed by atoms with Gasteiger partial charge < -0.3 is 5.73 Å². The Hall–Kier alpha value is -0.820. The molecule has 0 aromatic heterocycles. The average molecular weight is 245 g/mol. The molecular formula is C17H27N. The zero-order valence-electron chi connectivity index (χ0n) is 12.2. The van der Waals surface area contributed by atoms with E-state index in [4.69, 9.17) is 5.73 Å². The summed E-state index contributed by atoms with van der Waals surface area (Å²) in [6, 6.07) is 8.60. The molecule has 100 valence electrons. The molecule has 0 aliphatic heterocycles. The Morgan fingerprint density at radius 1 is 1.06 bits per heavy atom. The molecule has 0 bridgehead atoms. The van der Waals surface area contributed by atoms with Gasteiger partial charge in [0.05, 0.1) is 0 Å². The molecule has 3 unspecified atom stereocenters. The summed E-state index contributed by atoms with van der Waals surface area (Å²) in [4.78, 5) is 0. The van der Waals surface area contributed by atoms with Gasteiger partial charge in [0, 0.05) is 5.54 Å². The predicted molar refractivity (Wildman–Crippen MR) is 78.4 cm³/mol. The van der Waals surface area contributed by atoms with Gasteiger partial charge in [-0.3, -0.25) is 0 Å². The maximum atomic E-state index is 6.74. The number of benzene rings is 1. The molecule has 18 heavy (non-hydrogen) atoms. The lowest BCUT2D eigenvalue weighted by molar-refractivity contribution is 0.144. The fraction of sp³-hybridized carbons (Fsp3) is 0.647. The minimum atomic E-state index is -0.186. The van der Waals surface area contributed by atoms with Gasteiger partial charge in [-0.1, -0.05) is 38.1 Å². The van der Waals surface area contributed by atoms with Gasteiger partial charge in [-0.15, -0.1) is 0 Å². The Balaban J connectivity index is 2.28. The molecule has 0 saturated heterocycles. The Bertz CT molecular complexity index is 398. The highest BCUT2D eigenvalue weighted by molar-refractivity contribution is 5.32. The van der Waals surface area contributed by atoms with Crippen LogP contribution < -0.4 is 5.73 Å². The van der Waals surface area contributed by atoms with E-state index in [2.05, 4.69) is 52.0 Å². The summed E-state index contributed by atoms with van der Waals surface area (Å²) in [5.41, 5.74) is 9.21. The summed E-state index contributed by atoms with van der Waals surface area (Å²) in [5.74, 6) is 2.23. The molecule has 1 aromatic rings. The molecule has 1 nitrogen and oxygen atoms in total. The van der Waals surface area contributed by atoms with E-state index >= 15 is 0 Å². The van der Waals surface area contributed by atoms with Crippen LogP contribution >= 0.6 is 0 Å². The van der Waals surface area contributed by atoms with Crippen molar-refractivity contribution in [2.45, 2.75) is 52.5 Å². The van der Waals surface area contributed by atoms with Gasteiger partial charge in [-0.25, -0.2) is 0 Å². The van der Waals surface area contributed by atoms with Crippen molar-refractivity contribution in [1.29, 1.82) is 0 Å². The minimum absolute atomic E-state index is 0.186. The first-order chi connectivity index (χ1) is 8.41. The van der Waals surface area contributed by atoms with Gasteiger partial charge in [0.15, 0.2) is 0 Å². The summed E-state index contributed by atoms with van der Waals surface area (Å²) in [5, 5.41) is 0. The van der Waals surface area contributed by atoms with E-state index < -0.39 is 0 Å². The SMILES string of the molecule is Cc1ccccc1C(C)(N)C1CC(C)CC(C)C1. The van der Waals surface area contributed by atoms with Crippen molar-refractivity contribution >= 4 is 0 Å². The third-order valence-electron chi connectivity index (χ3n) is 4.75. The van der Waals surface area contributed by atoms with Crippen molar-refractivity contribution in [2.24, 2.45) is 23.5 Å². The molecule has 2 N–H and O–H groups in total. The number of nitrogens with two attached hydrogens (primary N) is 1. The highest BCUT2D eigenvalue weighted by Crippen LogP contribution is 2.42.